The lowest BCUT2D eigenvalue weighted by molar-refractivity contribution is 0.0621. The van der Waals surface area contributed by atoms with E-state index in [0.717, 1.165) is 6.07 Å². The lowest BCUT2D eigenvalue weighted by atomic mass is 9.90. The first kappa shape index (κ1) is 11.0. The zero-order valence-electron chi connectivity index (χ0n) is 8.02. The molecule has 0 amide bonds. The zero-order valence-corrected chi connectivity index (χ0v) is 8.02. The minimum absolute atomic E-state index is 0.272. The van der Waals surface area contributed by atoms with Crippen LogP contribution >= 0.6 is 0 Å². The Morgan fingerprint density at radius 2 is 1.93 bits per heavy atom. The van der Waals surface area contributed by atoms with Crippen LogP contribution in [0.15, 0.2) is 18.2 Å². The van der Waals surface area contributed by atoms with Gasteiger partial charge in [-0.3, -0.25) is 0 Å². The van der Waals surface area contributed by atoms with Crippen molar-refractivity contribution in [2.45, 2.75) is 25.8 Å². The Labute approximate surface area is 80.7 Å². The molecule has 0 aliphatic heterocycles. The molecule has 1 aromatic carbocycles. The van der Waals surface area contributed by atoms with Crippen LogP contribution in [0.5, 0.6) is 0 Å². The van der Waals surface area contributed by atoms with Gasteiger partial charge in [-0.05, 0) is 37.1 Å². The summed E-state index contributed by atoms with van der Waals surface area (Å²) in [5.74, 6) is -0.448. The van der Waals surface area contributed by atoms with Crippen LogP contribution in [-0.2, 0) is 5.54 Å². The molecular formula is C10H12F3N. The van der Waals surface area contributed by atoms with E-state index in [1.165, 1.54) is 19.1 Å². The number of nitrogens with two attached hydrogens (primary N) is 1. The van der Waals surface area contributed by atoms with Crippen molar-refractivity contribution >= 4 is 0 Å². The summed E-state index contributed by atoms with van der Waals surface area (Å²) in [7, 11) is 0. The zero-order chi connectivity index (χ0) is 10.9. The Hall–Kier alpha value is -1.03. The van der Waals surface area contributed by atoms with Crippen molar-refractivity contribution in [3.05, 3.63) is 35.1 Å². The largest absolute Gasteiger partial charge is 0.317 e. The van der Waals surface area contributed by atoms with E-state index < -0.39 is 17.8 Å². The fourth-order valence-electron chi connectivity index (χ4n) is 1.35. The van der Waals surface area contributed by atoms with Gasteiger partial charge in [0.25, 0.3) is 6.43 Å². The van der Waals surface area contributed by atoms with Crippen LogP contribution in [0.1, 0.15) is 18.1 Å². The summed E-state index contributed by atoms with van der Waals surface area (Å²) >= 11 is 0. The van der Waals surface area contributed by atoms with Gasteiger partial charge in [0.1, 0.15) is 5.82 Å². The summed E-state index contributed by atoms with van der Waals surface area (Å²) in [4.78, 5) is 0. The maximum absolute atomic E-state index is 12.7. The van der Waals surface area contributed by atoms with Crippen LogP contribution in [0.4, 0.5) is 13.2 Å². The number of hydrogen-bond acceptors (Lipinski definition) is 1. The van der Waals surface area contributed by atoms with Gasteiger partial charge in [0, 0.05) is 0 Å². The predicted molar refractivity (Wildman–Crippen MR) is 48.7 cm³/mol. The third-order valence-electron chi connectivity index (χ3n) is 2.22. The quantitative estimate of drug-likeness (QED) is 0.785. The van der Waals surface area contributed by atoms with Gasteiger partial charge in [-0.15, -0.1) is 0 Å². The molecule has 0 bridgehead atoms. The normalized spacial score (nSPS) is 15.6. The monoisotopic (exact) mass is 203 g/mol. The van der Waals surface area contributed by atoms with Crippen molar-refractivity contribution < 1.29 is 13.2 Å². The number of benzene rings is 1. The lowest BCUT2D eigenvalue weighted by Gasteiger charge is -2.25. The van der Waals surface area contributed by atoms with Crippen molar-refractivity contribution in [2.75, 3.05) is 0 Å². The molecule has 0 heterocycles. The molecule has 4 heteroatoms. The van der Waals surface area contributed by atoms with Crippen LogP contribution in [0.25, 0.3) is 0 Å². The van der Waals surface area contributed by atoms with Gasteiger partial charge in [0.15, 0.2) is 0 Å². The molecule has 1 atom stereocenters. The van der Waals surface area contributed by atoms with Crippen LogP contribution < -0.4 is 5.73 Å². The molecule has 1 aromatic rings. The highest BCUT2D eigenvalue weighted by molar-refractivity contribution is 5.33. The van der Waals surface area contributed by atoms with Crippen LogP contribution in [0.3, 0.4) is 0 Å². The summed E-state index contributed by atoms with van der Waals surface area (Å²) in [6.45, 7) is 2.80. The molecule has 0 saturated heterocycles. The van der Waals surface area contributed by atoms with Gasteiger partial charge >= 0.3 is 0 Å². The van der Waals surface area contributed by atoms with Gasteiger partial charge in [0.05, 0.1) is 5.54 Å². The fourth-order valence-corrected chi connectivity index (χ4v) is 1.35. The van der Waals surface area contributed by atoms with E-state index in [2.05, 4.69) is 0 Å². The minimum atomic E-state index is -2.67. The summed E-state index contributed by atoms with van der Waals surface area (Å²) < 4.78 is 37.8. The Kier molecular flexibility index (Phi) is 2.85. The van der Waals surface area contributed by atoms with E-state index >= 15 is 0 Å². The van der Waals surface area contributed by atoms with Crippen molar-refractivity contribution in [1.82, 2.24) is 0 Å². The van der Waals surface area contributed by atoms with Crippen molar-refractivity contribution in [2.24, 2.45) is 5.73 Å². The topological polar surface area (TPSA) is 26.0 Å². The van der Waals surface area contributed by atoms with E-state index in [1.807, 2.05) is 0 Å². The van der Waals surface area contributed by atoms with E-state index in [0.29, 0.717) is 5.56 Å². The van der Waals surface area contributed by atoms with E-state index in [4.69, 9.17) is 5.73 Å². The second-order valence-electron chi connectivity index (χ2n) is 3.54. The second-order valence-corrected chi connectivity index (χ2v) is 3.54. The van der Waals surface area contributed by atoms with E-state index in [-0.39, 0.29) is 5.56 Å². The van der Waals surface area contributed by atoms with Crippen molar-refractivity contribution in [3.63, 3.8) is 0 Å². The molecule has 2 N–H and O–H groups in total. The first-order valence-corrected chi connectivity index (χ1v) is 4.19. The van der Waals surface area contributed by atoms with Crippen molar-refractivity contribution in [3.8, 4) is 0 Å². The Morgan fingerprint density at radius 1 is 1.36 bits per heavy atom. The first-order valence-electron chi connectivity index (χ1n) is 4.19. The highest BCUT2D eigenvalue weighted by Crippen LogP contribution is 2.27. The molecule has 1 rings (SSSR count). The fraction of sp³-hybridized carbons (Fsp3) is 0.400. The Balaban J connectivity index is 3.19. The van der Waals surface area contributed by atoms with Crippen LogP contribution in [0.2, 0.25) is 0 Å². The Morgan fingerprint density at radius 3 is 2.36 bits per heavy atom. The van der Waals surface area contributed by atoms with E-state index in [1.54, 1.807) is 6.92 Å². The molecular weight excluding hydrogens is 191 g/mol. The molecule has 78 valence electrons. The third kappa shape index (κ3) is 1.90. The first-order chi connectivity index (χ1) is 6.35. The van der Waals surface area contributed by atoms with Gasteiger partial charge < -0.3 is 5.73 Å². The van der Waals surface area contributed by atoms with Gasteiger partial charge in [0.2, 0.25) is 0 Å². The highest BCUT2D eigenvalue weighted by Gasteiger charge is 2.33. The third-order valence-corrected chi connectivity index (χ3v) is 2.22. The molecule has 1 unspecified atom stereocenters. The predicted octanol–water partition coefficient (Wildman–Crippen LogP) is 2.57. The van der Waals surface area contributed by atoms with Gasteiger partial charge in [-0.2, -0.15) is 0 Å². The summed E-state index contributed by atoms with van der Waals surface area (Å²) in [6, 6.07) is 3.63. The number of hydrogen-bond donors (Lipinski definition) is 1. The lowest BCUT2D eigenvalue weighted by Crippen LogP contribution is -2.41. The molecule has 0 fully saturated rings. The summed E-state index contributed by atoms with van der Waals surface area (Å²) in [5, 5.41) is 0. The number of alkyl halides is 2. The Bertz CT molecular complexity index is 334. The minimum Gasteiger partial charge on any atom is -0.317 e. The molecule has 0 saturated carbocycles. The summed E-state index contributed by atoms with van der Waals surface area (Å²) in [5.41, 5.74) is 4.45. The molecule has 0 aliphatic carbocycles. The van der Waals surface area contributed by atoms with Crippen molar-refractivity contribution in [1.29, 1.82) is 0 Å². The molecule has 0 aromatic heterocycles. The maximum atomic E-state index is 12.7. The molecule has 0 radical (unpaired) electrons. The molecule has 0 aliphatic rings. The SMILES string of the molecule is Cc1cc(F)ccc1C(C)(N)C(F)F. The van der Waals surface area contributed by atoms with Gasteiger partial charge in [-0.1, -0.05) is 6.07 Å². The molecule has 1 nitrogen and oxygen atoms in total. The average molecular weight is 203 g/mol. The highest BCUT2D eigenvalue weighted by atomic mass is 19.3. The molecule has 0 spiro atoms. The van der Waals surface area contributed by atoms with Crippen LogP contribution in [0, 0.1) is 12.7 Å². The van der Waals surface area contributed by atoms with E-state index in [9.17, 15) is 13.2 Å². The molecule has 14 heavy (non-hydrogen) atoms. The standard InChI is InChI=1S/C10H12F3N/c1-6-5-7(11)3-4-8(6)10(2,14)9(12)13/h3-5,9H,14H2,1-2H3. The van der Waals surface area contributed by atoms with Gasteiger partial charge in [-0.25, -0.2) is 13.2 Å². The number of aryl methyl sites for hydroxylation is 1. The number of halogens is 3. The second kappa shape index (κ2) is 3.61. The van der Waals surface area contributed by atoms with Crippen LogP contribution in [-0.4, -0.2) is 6.43 Å². The number of rotatable bonds is 2. The maximum Gasteiger partial charge on any atom is 0.260 e. The smallest absolute Gasteiger partial charge is 0.260 e. The average Bonchev–Trinajstić information content (AvgIpc) is 2.02. The summed E-state index contributed by atoms with van der Waals surface area (Å²) in [6.07, 6.45) is -2.67.